The molecule has 0 N–H and O–H groups in total. The van der Waals surface area contributed by atoms with Gasteiger partial charge in [0.1, 0.15) is 0 Å². The second kappa shape index (κ2) is 7.49. The van der Waals surface area contributed by atoms with Crippen molar-refractivity contribution in [1.29, 1.82) is 0 Å². The molecular weight excluding hydrogens is 264 g/mol. The van der Waals surface area contributed by atoms with Gasteiger partial charge in [0.25, 0.3) is 0 Å². The SMILES string of the molecule is C=CCCC1CCC2CC(c3ccc(CC)cc3)CCC2C1. The first-order valence-electron chi connectivity index (χ1n) is 9.49. The van der Waals surface area contributed by atoms with E-state index in [-0.39, 0.29) is 0 Å². The van der Waals surface area contributed by atoms with Crippen LogP contribution in [0, 0.1) is 17.8 Å². The first kappa shape index (κ1) is 15.8. The lowest BCUT2D eigenvalue weighted by Crippen LogP contribution is -2.30. The maximum absolute atomic E-state index is 3.88. The normalized spacial score (nSPS) is 31.5. The predicted octanol–water partition coefficient (Wildman–Crippen LogP) is 6.52. The summed E-state index contributed by atoms with van der Waals surface area (Å²) in [5.74, 6) is 3.84. The Labute approximate surface area is 137 Å². The van der Waals surface area contributed by atoms with E-state index in [2.05, 4.69) is 43.8 Å². The van der Waals surface area contributed by atoms with Gasteiger partial charge in [-0.2, -0.15) is 0 Å². The fourth-order valence-electron chi connectivity index (χ4n) is 4.93. The van der Waals surface area contributed by atoms with Crippen molar-refractivity contribution in [2.75, 3.05) is 0 Å². The molecule has 0 aromatic heterocycles. The quantitative estimate of drug-likeness (QED) is 0.543. The monoisotopic (exact) mass is 296 g/mol. The molecule has 120 valence electrons. The minimum absolute atomic E-state index is 0.830. The molecule has 3 rings (SSSR count). The number of allylic oxidation sites excluding steroid dienone is 1. The Hall–Kier alpha value is -1.04. The number of aryl methyl sites for hydroxylation is 1. The zero-order valence-electron chi connectivity index (χ0n) is 14.3. The minimum Gasteiger partial charge on any atom is -0.103 e. The average molecular weight is 296 g/mol. The Kier molecular flexibility index (Phi) is 5.39. The molecule has 0 bridgehead atoms. The molecule has 0 radical (unpaired) electrons. The Balaban J connectivity index is 1.57. The summed E-state index contributed by atoms with van der Waals surface area (Å²) in [7, 11) is 0. The molecule has 2 saturated carbocycles. The lowest BCUT2D eigenvalue weighted by molar-refractivity contribution is 0.115. The Morgan fingerprint density at radius 2 is 1.73 bits per heavy atom. The number of benzene rings is 1. The minimum atomic E-state index is 0.830. The molecule has 1 aromatic rings. The van der Waals surface area contributed by atoms with Crippen LogP contribution in [0.1, 0.15) is 75.3 Å². The van der Waals surface area contributed by atoms with E-state index >= 15 is 0 Å². The Morgan fingerprint density at radius 3 is 2.45 bits per heavy atom. The third kappa shape index (κ3) is 3.65. The lowest BCUT2D eigenvalue weighted by Gasteiger charge is -2.42. The van der Waals surface area contributed by atoms with Crippen LogP contribution < -0.4 is 0 Å². The molecular formula is C22H32. The van der Waals surface area contributed by atoms with Crippen LogP contribution in [0.4, 0.5) is 0 Å². The zero-order chi connectivity index (χ0) is 15.4. The maximum Gasteiger partial charge on any atom is -0.0159 e. The van der Waals surface area contributed by atoms with Gasteiger partial charge in [-0.15, -0.1) is 6.58 Å². The summed E-state index contributed by atoms with van der Waals surface area (Å²) < 4.78 is 0. The molecule has 2 aliphatic rings. The van der Waals surface area contributed by atoms with Crippen LogP contribution in [0.2, 0.25) is 0 Å². The van der Waals surface area contributed by atoms with Gasteiger partial charge in [0.2, 0.25) is 0 Å². The van der Waals surface area contributed by atoms with Crippen molar-refractivity contribution in [3.63, 3.8) is 0 Å². The van der Waals surface area contributed by atoms with E-state index in [0.717, 1.165) is 30.1 Å². The number of rotatable bonds is 5. The second-order valence-corrected chi connectivity index (χ2v) is 7.67. The van der Waals surface area contributed by atoms with Crippen LogP contribution in [0.15, 0.2) is 36.9 Å². The summed E-state index contributed by atoms with van der Waals surface area (Å²) in [6.07, 6.45) is 14.6. The highest BCUT2D eigenvalue weighted by molar-refractivity contribution is 5.26. The number of fused-ring (bicyclic) bond motifs is 1. The van der Waals surface area contributed by atoms with Crippen LogP contribution in [0.25, 0.3) is 0 Å². The summed E-state index contributed by atoms with van der Waals surface area (Å²) in [5, 5.41) is 0. The maximum atomic E-state index is 3.88. The summed E-state index contributed by atoms with van der Waals surface area (Å²) in [5.41, 5.74) is 3.07. The zero-order valence-corrected chi connectivity index (χ0v) is 14.3. The van der Waals surface area contributed by atoms with Crippen molar-refractivity contribution in [3.8, 4) is 0 Å². The van der Waals surface area contributed by atoms with Crippen LogP contribution in [-0.4, -0.2) is 0 Å². The van der Waals surface area contributed by atoms with Gasteiger partial charge in [0.05, 0.1) is 0 Å². The van der Waals surface area contributed by atoms with E-state index in [1.165, 1.54) is 56.9 Å². The number of hydrogen-bond acceptors (Lipinski definition) is 0. The van der Waals surface area contributed by atoms with E-state index in [9.17, 15) is 0 Å². The molecule has 0 heterocycles. The third-order valence-electron chi connectivity index (χ3n) is 6.36. The molecule has 2 fully saturated rings. The van der Waals surface area contributed by atoms with Gasteiger partial charge >= 0.3 is 0 Å². The van der Waals surface area contributed by atoms with Gasteiger partial charge in [-0.05, 0) is 86.2 Å². The molecule has 0 heteroatoms. The highest BCUT2D eigenvalue weighted by Gasteiger charge is 2.35. The molecule has 0 spiro atoms. The van der Waals surface area contributed by atoms with Crippen LogP contribution in [-0.2, 0) is 6.42 Å². The van der Waals surface area contributed by atoms with Gasteiger partial charge in [0.15, 0.2) is 0 Å². The standard InChI is InChI=1S/C22H32/c1-3-5-6-18-9-12-22-16-21(14-13-20(22)15-18)19-10-7-17(4-2)8-11-19/h3,7-8,10-11,18,20-22H,1,4-6,9,12-16H2,2H3. The Morgan fingerprint density at radius 1 is 1.00 bits per heavy atom. The highest BCUT2D eigenvalue weighted by Crippen LogP contribution is 2.48. The largest absolute Gasteiger partial charge is 0.103 e. The van der Waals surface area contributed by atoms with Gasteiger partial charge < -0.3 is 0 Å². The first-order valence-corrected chi connectivity index (χ1v) is 9.49. The van der Waals surface area contributed by atoms with Crippen LogP contribution >= 0.6 is 0 Å². The molecule has 1 aromatic carbocycles. The average Bonchev–Trinajstić information content (AvgIpc) is 2.59. The summed E-state index contributed by atoms with van der Waals surface area (Å²) in [4.78, 5) is 0. The van der Waals surface area contributed by atoms with Crippen molar-refractivity contribution >= 4 is 0 Å². The molecule has 4 unspecified atom stereocenters. The van der Waals surface area contributed by atoms with Crippen molar-refractivity contribution in [2.24, 2.45) is 17.8 Å². The molecule has 0 aliphatic heterocycles. The van der Waals surface area contributed by atoms with Crippen molar-refractivity contribution in [1.82, 2.24) is 0 Å². The van der Waals surface area contributed by atoms with Gasteiger partial charge in [-0.3, -0.25) is 0 Å². The van der Waals surface area contributed by atoms with E-state index < -0.39 is 0 Å². The summed E-state index contributed by atoms with van der Waals surface area (Å²) in [6, 6.07) is 9.49. The molecule has 22 heavy (non-hydrogen) atoms. The van der Waals surface area contributed by atoms with Gasteiger partial charge in [-0.1, -0.05) is 43.7 Å². The second-order valence-electron chi connectivity index (χ2n) is 7.67. The molecule has 0 amide bonds. The van der Waals surface area contributed by atoms with Crippen LogP contribution in [0.3, 0.4) is 0 Å². The van der Waals surface area contributed by atoms with E-state index in [1.54, 1.807) is 5.56 Å². The predicted molar refractivity (Wildman–Crippen MR) is 96.2 cm³/mol. The van der Waals surface area contributed by atoms with Gasteiger partial charge in [-0.25, -0.2) is 0 Å². The lowest BCUT2D eigenvalue weighted by atomic mass is 9.63. The topological polar surface area (TPSA) is 0 Å². The van der Waals surface area contributed by atoms with E-state index in [1.807, 2.05) is 0 Å². The van der Waals surface area contributed by atoms with Crippen molar-refractivity contribution in [2.45, 2.75) is 70.6 Å². The number of hydrogen-bond donors (Lipinski definition) is 0. The Bertz CT molecular complexity index is 469. The molecule has 0 nitrogen and oxygen atoms in total. The highest BCUT2D eigenvalue weighted by atomic mass is 14.4. The third-order valence-corrected chi connectivity index (χ3v) is 6.36. The fraction of sp³-hybridized carbons (Fsp3) is 0.636. The van der Waals surface area contributed by atoms with Crippen molar-refractivity contribution < 1.29 is 0 Å². The molecule has 2 aliphatic carbocycles. The summed E-state index contributed by atoms with van der Waals surface area (Å²) in [6.45, 7) is 6.12. The molecule has 0 saturated heterocycles. The molecule has 4 atom stereocenters. The van der Waals surface area contributed by atoms with E-state index in [4.69, 9.17) is 0 Å². The van der Waals surface area contributed by atoms with E-state index in [0.29, 0.717) is 0 Å². The first-order chi connectivity index (χ1) is 10.8. The summed E-state index contributed by atoms with van der Waals surface area (Å²) >= 11 is 0. The fourth-order valence-corrected chi connectivity index (χ4v) is 4.93. The van der Waals surface area contributed by atoms with Gasteiger partial charge in [0, 0.05) is 0 Å². The van der Waals surface area contributed by atoms with Crippen molar-refractivity contribution in [3.05, 3.63) is 48.0 Å². The smallest absolute Gasteiger partial charge is 0.0159 e. The van der Waals surface area contributed by atoms with Crippen LogP contribution in [0.5, 0.6) is 0 Å².